The Balaban J connectivity index is 0.00000256. The van der Waals surface area contributed by atoms with Crippen molar-refractivity contribution in [2.75, 3.05) is 20.1 Å². The third kappa shape index (κ3) is 5.69. The van der Waals surface area contributed by atoms with Crippen LogP contribution in [0.3, 0.4) is 0 Å². The highest BCUT2D eigenvalue weighted by atomic mass is 127. The molecule has 1 aliphatic heterocycles. The fraction of sp³-hybridized carbons (Fsp3) is 0.409. The molecule has 1 saturated heterocycles. The Morgan fingerprint density at radius 3 is 2.47 bits per heavy atom. The maximum atomic E-state index is 4.35. The van der Waals surface area contributed by atoms with Crippen molar-refractivity contribution in [2.24, 2.45) is 4.99 Å². The van der Waals surface area contributed by atoms with Crippen LogP contribution in [-0.4, -0.2) is 45.6 Å². The Labute approximate surface area is 195 Å². The highest BCUT2D eigenvalue weighted by Gasteiger charge is 2.13. The summed E-state index contributed by atoms with van der Waals surface area (Å²) in [6.45, 7) is 4.73. The van der Waals surface area contributed by atoms with Gasteiger partial charge in [-0.1, -0.05) is 36.8 Å². The fourth-order valence-corrected chi connectivity index (χ4v) is 3.82. The average Bonchev–Trinajstić information content (AvgIpc) is 3.19. The second-order valence-electron chi connectivity index (χ2n) is 7.43. The predicted octanol–water partition coefficient (Wildman–Crippen LogP) is 3.20. The van der Waals surface area contributed by atoms with Crippen LogP contribution in [0.1, 0.15) is 36.2 Å². The number of hydrogen-bond donors (Lipinski definition) is 2. The first-order chi connectivity index (χ1) is 14.3. The van der Waals surface area contributed by atoms with E-state index in [9.17, 15) is 0 Å². The van der Waals surface area contributed by atoms with E-state index < -0.39 is 0 Å². The van der Waals surface area contributed by atoms with Crippen molar-refractivity contribution in [3.05, 3.63) is 65.6 Å². The van der Waals surface area contributed by atoms with E-state index in [1.807, 2.05) is 28.8 Å². The van der Waals surface area contributed by atoms with Crippen LogP contribution in [0.2, 0.25) is 0 Å². The molecule has 0 aliphatic carbocycles. The van der Waals surface area contributed by atoms with Crippen molar-refractivity contribution in [1.82, 2.24) is 30.1 Å². The smallest absolute Gasteiger partial charge is 0.191 e. The Morgan fingerprint density at radius 2 is 1.67 bits per heavy atom. The van der Waals surface area contributed by atoms with Gasteiger partial charge in [0.1, 0.15) is 0 Å². The van der Waals surface area contributed by atoms with Gasteiger partial charge in [0.05, 0.1) is 6.54 Å². The second kappa shape index (κ2) is 11.3. The number of piperidine rings is 1. The van der Waals surface area contributed by atoms with Crippen LogP contribution in [-0.2, 0) is 19.6 Å². The summed E-state index contributed by atoms with van der Waals surface area (Å²) in [5.74, 6) is 1.61. The van der Waals surface area contributed by atoms with Crippen LogP contribution in [0.15, 0.2) is 53.7 Å². The van der Waals surface area contributed by atoms with Gasteiger partial charge in [0, 0.05) is 26.3 Å². The normalized spacial score (nSPS) is 15.0. The molecule has 0 saturated carbocycles. The molecule has 2 N–H and O–H groups in total. The van der Waals surface area contributed by atoms with Gasteiger partial charge in [-0.2, -0.15) is 0 Å². The quantitative estimate of drug-likeness (QED) is 0.298. The number of halogens is 1. The Morgan fingerprint density at radius 1 is 0.933 bits per heavy atom. The molecule has 1 fully saturated rings. The van der Waals surface area contributed by atoms with Crippen molar-refractivity contribution in [3.63, 3.8) is 0 Å². The van der Waals surface area contributed by atoms with Gasteiger partial charge in [0.25, 0.3) is 0 Å². The summed E-state index contributed by atoms with van der Waals surface area (Å²) in [7, 11) is 1.79. The van der Waals surface area contributed by atoms with E-state index in [-0.39, 0.29) is 24.0 Å². The molecule has 1 aliphatic rings. The first kappa shape index (κ1) is 22.5. The van der Waals surface area contributed by atoms with E-state index in [4.69, 9.17) is 0 Å². The molecular weight excluding hydrogens is 489 g/mol. The van der Waals surface area contributed by atoms with Gasteiger partial charge in [0.2, 0.25) is 0 Å². The van der Waals surface area contributed by atoms with E-state index in [2.05, 4.69) is 55.0 Å². The zero-order valence-electron chi connectivity index (χ0n) is 17.4. The van der Waals surface area contributed by atoms with Gasteiger partial charge >= 0.3 is 0 Å². The van der Waals surface area contributed by atoms with Crippen molar-refractivity contribution in [3.8, 4) is 0 Å². The first-order valence-corrected chi connectivity index (χ1v) is 10.4. The van der Waals surface area contributed by atoms with Gasteiger partial charge in [-0.3, -0.25) is 14.3 Å². The number of nitrogens with zero attached hydrogens (tertiary/aromatic N) is 5. The van der Waals surface area contributed by atoms with Gasteiger partial charge in [0.15, 0.2) is 17.4 Å². The summed E-state index contributed by atoms with van der Waals surface area (Å²) in [6.07, 6.45) is 5.96. The van der Waals surface area contributed by atoms with Gasteiger partial charge in [-0.05, 0) is 49.2 Å². The SMILES string of the molecule is CN=C(NCc1ccccc1CN1CCCCC1)NCc1nnc2ccccn12.I. The number of pyridine rings is 1. The molecule has 0 spiro atoms. The summed E-state index contributed by atoms with van der Waals surface area (Å²) in [5.41, 5.74) is 3.55. The average molecular weight is 519 g/mol. The molecule has 3 heterocycles. The third-order valence-corrected chi connectivity index (χ3v) is 5.43. The Kier molecular flexibility index (Phi) is 8.44. The van der Waals surface area contributed by atoms with Crippen LogP contribution in [0, 0.1) is 0 Å². The summed E-state index contributed by atoms with van der Waals surface area (Å²) in [5, 5.41) is 15.2. The molecule has 0 bridgehead atoms. The number of nitrogens with one attached hydrogen (secondary N) is 2. The van der Waals surface area contributed by atoms with E-state index in [1.54, 1.807) is 7.05 Å². The molecule has 7 nitrogen and oxygen atoms in total. The molecular formula is C22H30IN7. The lowest BCUT2D eigenvalue weighted by atomic mass is 10.0. The van der Waals surface area contributed by atoms with Gasteiger partial charge in [-0.25, -0.2) is 0 Å². The number of aromatic nitrogens is 3. The van der Waals surface area contributed by atoms with Crippen LogP contribution in [0.4, 0.5) is 0 Å². The van der Waals surface area contributed by atoms with E-state index in [0.717, 1.165) is 30.5 Å². The molecule has 0 radical (unpaired) electrons. The van der Waals surface area contributed by atoms with Crippen LogP contribution in [0.5, 0.6) is 0 Å². The Hall–Kier alpha value is -2.20. The maximum Gasteiger partial charge on any atom is 0.191 e. The zero-order valence-corrected chi connectivity index (χ0v) is 19.8. The highest BCUT2D eigenvalue weighted by Crippen LogP contribution is 2.16. The number of guanidine groups is 1. The van der Waals surface area contributed by atoms with Crippen molar-refractivity contribution < 1.29 is 0 Å². The topological polar surface area (TPSA) is 69.8 Å². The lowest BCUT2D eigenvalue weighted by Crippen LogP contribution is -2.37. The largest absolute Gasteiger partial charge is 0.352 e. The van der Waals surface area contributed by atoms with Crippen LogP contribution < -0.4 is 10.6 Å². The van der Waals surface area contributed by atoms with E-state index >= 15 is 0 Å². The molecule has 30 heavy (non-hydrogen) atoms. The summed E-state index contributed by atoms with van der Waals surface area (Å²) in [4.78, 5) is 6.92. The Bertz CT molecular complexity index is 963. The number of fused-ring (bicyclic) bond motifs is 1. The number of hydrogen-bond acceptors (Lipinski definition) is 4. The van der Waals surface area contributed by atoms with Crippen LogP contribution >= 0.6 is 24.0 Å². The maximum absolute atomic E-state index is 4.35. The van der Waals surface area contributed by atoms with Crippen LogP contribution in [0.25, 0.3) is 5.65 Å². The monoisotopic (exact) mass is 519 g/mol. The number of likely N-dealkylation sites (tertiary alicyclic amines) is 1. The minimum absolute atomic E-state index is 0. The molecule has 0 unspecified atom stereocenters. The first-order valence-electron chi connectivity index (χ1n) is 10.4. The summed E-state index contributed by atoms with van der Waals surface area (Å²) >= 11 is 0. The molecule has 2 aromatic heterocycles. The van der Waals surface area contributed by atoms with E-state index in [0.29, 0.717) is 6.54 Å². The van der Waals surface area contributed by atoms with Crippen molar-refractivity contribution in [2.45, 2.75) is 38.9 Å². The van der Waals surface area contributed by atoms with Crippen molar-refractivity contribution in [1.29, 1.82) is 0 Å². The molecule has 8 heteroatoms. The molecule has 160 valence electrons. The lowest BCUT2D eigenvalue weighted by Gasteiger charge is -2.27. The van der Waals surface area contributed by atoms with Gasteiger partial charge in [-0.15, -0.1) is 34.2 Å². The number of benzene rings is 1. The zero-order chi connectivity index (χ0) is 19.9. The number of aliphatic imine (C=N–C) groups is 1. The highest BCUT2D eigenvalue weighted by molar-refractivity contribution is 14.0. The van der Waals surface area contributed by atoms with Crippen molar-refractivity contribution >= 4 is 35.6 Å². The summed E-state index contributed by atoms with van der Waals surface area (Å²) in [6, 6.07) is 14.6. The second-order valence-corrected chi connectivity index (χ2v) is 7.43. The minimum atomic E-state index is 0. The molecule has 1 aromatic carbocycles. The fourth-order valence-electron chi connectivity index (χ4n) is 3.82. The number of rotatable bonds is 6. The predicted molar refractivity (Wildman–Crippen MR) is 131 cm³/mol. The molecule has 3 aromatic rings. The summed E-state index contributed by atoms with van der Waals surface area (Å²) < 4.78 is 1.98. The van der Waals surface area contributed by atoms with Gasteiger partial charge < -0.3 is 10.6 Å². The lowest BCUT2D eigenvalue weighted by molar-refractivity contribution is 0.220. The molecule has 4 rings (SSSR count). The molecule has 0 atom stereocenters. The minimum Gasteiger partial charge on any atom is -0.352 e. The van der Waals surface area contributed by atoms with E-state index in [1.165, 1.54) is 43.5 Å². The standard InChI is InChI=1S/C22H29N7.HI/c1-23-22(25-16-21-27-26-20-11-5-8-14-29(20)21)24-15-18-9-3-4-10-19(18)17-28-12-6-2-7-13-28;/h3-5,8-11,14H,2,6-7,12-13,15-17H2,1H3,(H2,23,24,25);1H. The molecule has 0 amide bonds. The third-order valence-electron chi connectivity index (χ3n) is 5.43.